The number of rotatable bonds is 5. The first kappa shape index (κ1) is 14.5. The van der Waals surface area contributed by atoms with Crippen molar-refractivity contribution in [2.75, 3.05) is 26.2 Å². The van der Waals surface area contributed by atoms with E-state index in [9.17, 15) is 4.79 Å². The Balaban J connectivity index is 1.48. The Bertz CT molecular complexity index is 441. The van der Waals surface area contributed by atoms with Gasteiger partial charge < -0.3 is 10.6 Å². The Morgan fingerprint density at radius 1 is 1.33 bits per heavy atom. The molecule has 0 radical (unpaired) electrons. The van der Waals surface area contributed by atoms with Crippen molar-refractivity contribution in [1.29, 1.82) is 0 Å². The van der Waals surface area contributed by atoms with E-state index in [0.717, 1.165) is 51.9 Å². The maximum atomic E-state index is 12.4. The summed E-state index contributed by atoms with van der Waals surface area (Å²) in [6.45, 7) is 4.61. The van der Waals surface area contributed by atoms with Crippen LogP contribution in [0.2, 0.25) is 0 Å². The Hall–Kier alpha value is -1.40. The fourth-order valence-electron chi connectivity index (χ4n) is 3.49. The molecule has 0 spiro atoms. The van der Waals surface area contributed by atoms with E-state index in [0.29, 0.717) is 12.6 Å². The molecule has 0 bridgehead atoms. The summed E-state index contributed by atoms with van der Waals surface area (Å²) in [7, 11) is 0. The molecule has 1 amide bonds. The minimum Gasteiger partial charge on any atom is -0.353 e. The lowest BCUT2D eigenvalue weighted by Crippen LogP contribution is -2.51. The summed E-state index contributed by atoms with van der Waals surface area (Å²) >= 11 is 0. The predicted molar refractivity (Wildman–Crippen MR) is 80.9 cm³/mol. The maximum absolute atomic E-state index is 12.4. The van der Waals surface area contributed by atoms with Crippen LogP contribution in [0.4, 0.5) is 0 Å². The molecule has 3 rings (SSSR count). The number of carbonyl (C=O) groups excluding carboxylic acids is 1. The fourth-order valence-corrected chi connectivity index (χ4v) is 3.49. The second-order valence-electron chi connectivity index (χ2n) is 5.94. The van der Waals surface area contributed by atoms with Gasteiger partial charge in [-0.1, -0.05) is 0 Å². The molecule has 2 N–H and O–H groups in total. The van der Waals surface area contributed by atoms with Crippen molar-refractivity contribution in [3.8, 4) is 0 Å². The minimum absolute atomic E-state index is 0.0747. The van der Waals surface area contributed by atoms with Gasteiger partial charge in [-0.25, -0.2) is 0 Å². The van der Waals surface area contributed by atoms with Crippen LogP contribution in [0, 0.1) is 0 Å². The predicted octanol–water partition coefficient (Wildman–Crippen LogP) is 0.216. The van der Waals surface area contributed by atoms with Crippen LogP contribution in [-0.2, 0) is 11.3 Å². The van der Waals surface area contributed by atoms with Crippen molar-refractivity contribution in [1.82, 2.24) is 25.3 Å². The number of nitrogens with zero attached hydrogens (tertiary/aromatic N) is 3. The largest absolute Gasteiger partial charge is 0.353 e. The summed E-state index contributed by atoms with van der Waals surface area (Å²) in [4.78, 5) is 14.9. The third kappa shape index (κ3) is 3.63. The molecule has 2 aliphatic rings. The van der Waals surface area contributed by atoms with Crippen LogP contribution in [0.5, 0.6) is 0 Å². The number of hydrogen-bond acceptors (Lipinski definition) is 4. The molecular weight excluding hydrogens is 266 g/mol. The van der Waals surface area contributed by atoms with Crippen molar-refractivity contribution in [3.05, 3.63) is 18.5 Å². The van der Waals surface area contributed by atoms with Gasteiger partial charge in [0.05, 0.1) is 12.6 Å². The Morgan fingerprint density at radius 2 is 2.19 bits per heavy atom. The molecule has 116 valence electrons. The molecule has 1 aromatic rings. The van der Waals surface area contributed by atoms with Gasteiger partial charge in [0.15, 0.2) is 0 Å². The van der Waals surface area contributed by atoms with Gasteiger partial charge in [0.25, 0.3) is 0 Å². The number of likely N-dealkylation sites (tertiary alicyclic amines) is 1. The molecule has 2 saturated heterocycles. The van der Waals surface area contributed by atoms with E-state index in [1.807, 2.05) is 16.9 Å². The van der Waals surface area contributed by atoms with Crippen LogP contribution in [0.1, 0.15) is 25.7 Å². The van der Waals surface area contributed by atoms with Crippen molar-refractivity contribution >= 4 is 5.91 Å². The SMILES string of the molecule is O=C(NCCn1cccn1)C1CCCN1C1CCNCC1. The van der Waals surface area contributed by atoms with Crippen LogP contribution >= 0.6 is 0 Å². The first-order valence-electron chi connectivity index (χ1n) is 8.06. The highest BCUT2D eigenvalue weighted by Crippen LogP contribution is 2.24. The number of amides is 1. The molecule has 1 aromatic heterocycles. The molecule has 6 nitrogen and oxygen atoms in total. The summed E-state index contributed by atoms with van der Waals surface area (Å²) in [6.07, 6.45) is 8.15. The summed E-state index contributed by atoms with van der Waals surface area (Å²) in [5.74, 6) is 0.193. The highest BCUT2D eigenvalue weighted by Gasteiger charge is 2.35. The second-order valence-corrected chi connectivity index (χ2v) is 5.94. The van der Waals surface area contributed by atoms with Crippen LogP contribution in [0.15, 0.2) is 18.5 Å². The van der Waals surface area contributed by atoms with Crippen LogP contribution < -0.4 is 10.6 Å². The zero-order chi connectivity index (χ0) is 14.5. The Kier molecular flexibility index (Phi) is 4.87. The van der Waals surface area contributed by atoms with E-state index in [-0.39, 0.29) is 11.9 Å². The van der Waals surface area contributed by atoms with E-state index in [1.54, 1.807) is 6.20 Å². The fraction of sp³-hybridized carbons (Fsp3) is 0.733. The minimum atomic E-state index is 0.0747. The molecule has 1 unspecified atom stereocenters. The summed E-state index contributed by atoms with van der Waals surface area (Å²) in [5.41, 5.74) is 0. The molecule has 1 atom stereocenters. The van der Waals surface area contributed by atoms with Crippen LogP contribution in [0.3, 0.4) is 0 Å². The molecular formula is C15H25N5O. The van der Waals surface area contributed by atoms with Crippen molar-refractivity contribution in [3.63, 3.8) is 0 Å². The third-order valence-corrected chi connectivity index (χ3v) is 4.57. The van der Waals surface area contributed by atoms with Gasteiger partial charge in [0.2, 0.25) is 5.91 Å². The molecule has 6 heteroatoms. The van der Waals surface area contributed by atoms with Gasteiger partial charge in [-0.2, -0.15) is 5.10 Å². The average molecular weight is 291 g/mol. The Labute approximate surface area is 125 Å². The molecule has 0 aliphatic carbocycles. The molecule has 2 fully saturated rings. The average Bonchev–Trinajstić information content (AvgIpc) is 3.19. The van der Waals surface area contributed by atoms with Gasteiger partial charge in [-0.15, -0.1) is 0 Å². The lowest BCUT2D eigenvalue weighted by molar-refractivity contribution is -0.126. The van der Waals surface area contributed by atoms with Crippen LogP contribution in [-0.4, -0.2) is 58.9 Å². The first-order chi connectivity index (χ1) is 10.3. The topological polar surface area (TPSA) is 62.2 Å². The second kappa shape index (κ2) is 7.04. The normalized spacial score (nSPS) is 24.3. The third-order valence-electron chi connectivity index (χ3n) is 4.57. The zero-order valence-corrected chi connectivity index (χ0v) is 12.5. The summed E-state index contributed by atoms with van der Waals surface area (Å²) in [5, 5.41) is 10.6. The van der Waals surface area contributed by atoms with E-state index in [4.69, 9.17) is 0 Å². The van der Waals surface area contributed by atoms with Crippen molar-refractivity contribution < 1.29 is 4.79 Å². The van der Waals surface area contributed by atoms with Crippen LogP contribution in [0.25, 0.3) is 0 Å². The first-order valence-corrected chi connectivity index (χ1v) is 8.06. The number of nitrogens with one attached hydrogen (secondary N) is 2. The van der Waals surface area contributed by atoms with Gasteiger partial charge in [-0.05, 0) is 51.4 Å². The monoisotopic (exact) mass is 291 g/mol. The summed E-state index contributed by atoms with van der Waals surface area (Å²) in [6, 6.07) is 2.55. The number of hydrogen-bond donors (Lipinski definition) is 2. The zero-order valence-electron chi connectivity index (χ0n) is 12.5. The highest BCUT2D eigenvalue weighted by molar-refractivity contribution is 5.82. The Morgan fingerprint density at radius 3 is 2.95 bits per heavy atom. The lowest BCUT2D eigenvalue weighted by atomic mass is 10.0. The van der Waals surface area contributed by atoms with Gasteiger partial charge in [0, 0.05) is 25.0 Å². The molecule has 2 aliphatic heterocycles. The van der Waals surface area contributed by atoms with Crippen molar-refractivity contribution in [2.45, 2.75) is 44.3 Å². The maximum Gasteiger partial charge on any atom is 0.237 e. The van der Waals surface area contributed by atoms with E-state index >= 15 is 0 Å². The number of piperidine rings is 1. The molecule has 0 aromatic carbocycles. The van der Waals surface area contributed by atoms with E-state index in [2.05, 4.69) is 20.6 Å². The molecule has 21 heavy (non-hydrogen) atoms. The smallest absolute Gasteiger partial charge is 0.237 e. The number of aromatic nitrogens is 2. The van der Waals surface area contributed by atoms with Gasteiger partial charge in [-0.3, -0.25) is 14.4 Å². The van der Waals surface area contributed by atoms with Crippen molar-refractivity contribution in [2.24, 2.45) is 0 Å². The molecule has 3 heterocycles. The van der Waals surface area contributed by atoms with Gasteiger partial charge >= 0.3 is 0 Å². The quantitative estimate of drug-likeness (QED) is 0.814. The van der Waals surface area contributed by atoms with E-state index < -0.39 is 0 Å². The van der Waals surface area contributed by atoms with Gasteiger partial charge in [0.1, 0.15) is 0 Å². The summed E-state index contributed by atoms with van der Waals surface area (Å²) < 4.78 is 1.85. The molecule has 0 saturated carbocycles. The van der Waals surface area contributed by atoms with E-state index in [1.165, 1.54) is 0 Å². The standard InChI is InChI=1S/C15H25N5O/c21-15(17-9-12-19-10-2-6-18-19)14-3-1-11-20(14)13-4-7-16-8-5-13/h2,6,10,13-14,16H,1,3-5,7-9,11-12H2,(H,17,21). The number of carbonyl (C=O) groups is 1. The highest BCUT2D eigenvalue weighted by atomic mass is 16.2. The lowest BCUT2D eigenvalue weighted by Gasteiger charge is -2.35.